The van der Waals surface area contributed by atoms with Crippen molar-refractivity contribution in [2.75, 3.05) is 0 Å². The summed E-state index contributed by atoms with van der Waals surface area (Å²) in [6.07, 6.45) is 3.56. The van der Waals surface area contributed by atoms with E-state index in [4.69, 9.17) is 0 Å². The van der Waals surface area contributed by atoms with E-state index in [2.05, 4.69) is 35.1 Å². The lowest BCUT2D eigenvalue weighted by atomic mass is 9.93. The molecule has 0 aliphatic heterocycles. The van der Waals surface area contributed by atoms with Crippen molar-refractivity contribution in [3.05, 3.63) is 33.8 Å². The second kappa shape index (κ2) is 6.08. The fraction of sp³-hybridized carbons (Fsp3) is 0.562. The standard InChI is InChI=1S/C16H22BrNO/c1-4-12-6-8-15(11(12)3)18-16(19)14-9-13(17)7-5-10(14)2/h5,7,9,11-12,15H,4,6,8H2,1-3H3,(H,18,19). The van der Waals surface area contributed by atoms with Crippen molar-refractivity contribution in [2.24, 2.45) is 11.8 Å². The van der Waals surface area contributed by atoms with E-state index in [1.807, 2.05) is 25.1 Å². The molecule has 1 fully saturated rings. The number of aryl methyl sites for hydroxylation is 1. The third kappa shape index (κ3) is 3.19. The fourth-order valence-corrected chi connectivity index (χ4v) is 3.47. The number of carbonyl (C=O) groups excluding carboxylic acids is 1. The molecule has 0 heterocycles. The van der Waals surface area contributed by atoms with Crippen LogP contribution in [0.25, 0.3) is 0 Å². The minimum atomic E-state index is 0.0624. The number of carbonyl (C=O) groups is 1. The van der Waals surface area contributed by atoms with Crippen LogP contribution in [-0.2, 0) is 0 Å². The number of halogens is 1. The van der Waals surface area contributed by atoms with Crippen LogP contribution in [0.15, 0.2) is 22.7 Å². The Balaban J connectivity index is 2.07. The Kier molecular flexibility index (Phi) is 4.67. The Morgan fingerprint density at radius 1 is 1.42 bits per heavy atom. The summed E-state index contributed by atoms with van der Waals surface area (Å²) >= 11 is 3.43. The van der Waals surface area contributed by atoms with Gasteiger partial charge in [-0.05, 0) is 49.3 Å². The summed E-state index contributed by atoms with van der Waals surface area (Å²) in [5.74, 6) is 1.41. The predicted octanol–water partition coefficient (Wildman–Crippen LogP) is 4.31. The third-order valence-corrected chi connectivity index (χ3v) is 5.01. The molecule has 1 aliphatic rings. The van der Waals surface area contributed by atoms with Gasteiger partial charge >= 0.3 is 0 Å². The van der Waals surface area contributed by atoms with Crippen LogP contribution < -0.4 is 5.32 Å². The van der Waals surface area contributed by atoms with Crippen LogP contribution in [0.4, 0.5) is 0 Å². The van der Waals surface area contributed by atoms with Gasteiger partial charge in [-0.2, -0.15) is 0 Å². The quantitative estimate of drug-likeness (QED) is 0.882. The largest absolute Gasteiger partial charge is 0.349 e. The molecule has 1 aliphatic carbocycles. The number of hydrogen-bond donors (Lipinski definition) is 1. The van der Waals surface area contributed by atoms with E-state index >= 15 is 0 Å². The van der Waals surface area contributed by atoms with Crippen molar-refractivity contribution >= 4 is 21.8 Å². The Labute approximate surface area is 124 Å². The van der Waals surface area contributed by atoms with Crippen molar-refractivity contribution < 1.29 is 4.79 Å². The Bertz CT molecular complexity index is 472. The first kappa shape index (κ1) is 14.6. The van der Waals surface area contributed by atoms with Gasteiger partial charge in [0.1, 0.15) is 0 Å². The maximum absolute atomic E-state index is 12.4. The fourth-order valence-electron chi connectivity index (χ4n) is 3.11. The van der Waals surface area contributed by atoms with Gasteiger partial charge in [-0.1, -0.05) is 42.3 Å². The molecule has 2 nitrogen and oxygen atoms in total. The first-order valence-corrected chi connectivity index (χ1v) is 7.89. The summed E-state index contributed by atoms with van der Waals surface area (Å²) < 4.78 is 0.953. The highest BCUT2D eigenvalue weighted by Gasteiger charge is 2.32. The topological polar surface area (TPSA) is 29.1 Å². The van der Waals surface area contributed by atoms with E-state index in [0.717, 1.165) is 27.9 Å². The summed E-state index contributed by atoms with van der Waals surface area (Å²) in [6, 6.07) is 6.18. The average Bonchev–Trinajstić information content (AvgIpc) is 2.73. The van der Waals surface area contributed by atoms with Crippen molar-refractivity contribution in [3.8, 4) is 0 Å². The van der Waals surface area contributed by atoms with Gasteiger partial charge in [-0.15, -0.1) is 0 Å². The maximum atomic E-state index is 12.4. The lowest BCUT2D eigenvalue weighted by molar-refractivity contribution is 0.0926. The highest BCUT2D eigenvalue weighted by molar-refractivity contribution is 9.10. The second-order valence-corrected chi connectivity index (χ2v) is 6.56. The number of hydrogen-bond acceptors (Lipinski definition) is 1. The SMILES string of the molecule is CCC1CCC(NC(=O)c2cc(Br)ccc2C)C1C. The molecule has 1 N–H and O–H groups in total. The molecule has 1 aromatic carbocycles. The number of benzene rings is 1. The minimum Gasteiger partial charge on any atom is -0.349 e. The highest BCUT2D eigenvalue weighted by Crippen LogP contribution is 2.34. The number of rotatable bonds is 3. The molecular weight excluding hydrogens is 302 g/mol. The monoisotopic (exact) mass is 323 g/mol. The molecule has 0 aromatic heterocycles. The number of nitrogens with one attached hydrogen (secondary N) is 1. The average molecular weight is 324 g/mol. The van der Waals surface area contributed by atoms with Crippen LogP contribution in [0.1, 0.15) is 49.0 Å². The van der Waals surface area contributed by atoms with Gasteiger partial charge in [0.15, 0.2) is 0 Å². The van der Waals surface area contributed by atoms with E-state index in [1.54, 1.807) is 0 Å². The van der Waals surface area contributed by atoms with Gasteiger partial charge < -0.3 is 5.32 Å². The summed E-state index contributed by atoms with van der Waals surface area (Å²) in [5, 5.41) is 3.22. The molecule has 1 saturated carbocycles. The van der Waals surface area contributed by atoms with Crippen LogP contribution in [0.5, 0.6) is 0 Å². The van der Waals surface area contributed by atoms with Gasteiger partial charge in [0.05, 0.1) is 0 Å². The third-order valence-electron chi connectivity index (χ3n) is 4.51. The molecule has 1 aromatic rings. The summed E-state index contributed by atoms with van der Waals surface area (Å²) in [6.45, 7) is 6.48. The minimum absolute atomic E-state index is 0.0624. The van der Waals surface area contributed by atoms with E-state index < -0.39 is 0 Å². The highest BCUT2D eigenvalue weighted by atomic mass is 79.9. The van der Waals surface area contributed by atoms with Crippen LogP contribution in [0.3, 0.4) is 0 Å². The zero-order chi connectivity index (χ0) is 14.0. The lowest BCUT2D eigenvalue weighted by Gasteiger charge is -2.21. The maximum Gasteiger partial charge on any atom is 0.251 e. The summed E-state index contributed by atoms with van der Waals surface area (Å²) in [4.78, 5) is 12.4. The molecule has 3 unspecified atom stereocenters. The zero-order valence-corrected chi connectivity index (χ0v) is 13.5. The predicted molar refractivity (Wildman–Crippen MR) is 82.3 cm³/mol. The Morgan fingerprint density at radius 2 is 2.16 bits per heavy atom. The molecule has 0 spiro atoms. The molecule has 3 heteroatoms. The van der Waals surface area contributed by atoms with Gasteiger partial charge in [-0.3, -0.25) is 4.79 Å². The molecule has 104 valence electrons. The molecular formula is C16H22BrNO. The molecule has 0 saturated heterocycles. The van der Waals surface area contributed by atoms with E-state index in [9.17, 15) is 4.79 Å². The van der Waals surface area contributed by atoms with Gasteiger partial charge in [-0.25, -0.2) is 0 Å². The van der Waals surface area contributed by atoms with Gasteiger partial charge in [0.2, 0.25) is 0 Å². The summed E-state index contributed by atoms with van der Waals surface area (Å²) in [7, 11) is 0. The number of amides is 1. The lowest BCUT2D eigenvalue weighted by Crippen LogP contribution is -2.37. The van der Waals surface area contributed by atoms with Crippen molar-refractivity contribution in [3.63, 3.8) is 0 Å². The summed E-state index contributed by atoms with van der Waals surface area (Å²) in [5.41, 5.74) is 1.81. The van der Waals surface area contributed by atoms with Crippen LogP contribution in [0, 0.1) is 18.8 Å². The van der Waals surface area contributed by atoms with Crippen molar-refractivity contribution in [1.82, 2.24) is 5.32 Å². The van der Waals surface area contributed by atoms with Crippen molar-refractivity contribution in [2.45, 2.75) is 46.1 Å². The van der Waals surface area contributed by atoms with Crippen molar-refractivity contribution in [1.29, 1.82) is 0 Å². The first-order valence-electron chi connectivity index (χ1n) is 7.10. The van der Waals surface area contributed by atoms with E-state index in [-0.39, 0.29) is 5.91 Å². The van der Waals surface area contributed by atoms with Gasteiger partial charge in [0, 0.05) is 16.1 Å². The van der Waals surface area contributed by atoms with Crippen LogP contribution >= 0.6 is 15.9 Å². The molecule has 0 radical (unpaired) electrons. The molecule has 19 heavy (non-hydrogen) atoms. The van der Waals surface area contributed by atoms with Gasteiger partial charge in [0.25, 0.3) is 5.91 Å². The smallest absolute Gasteiger partial charge is 0.251 e. The Morgan fingerprint density at radius 3 is 2.79 bits per heavy atom. The zero-order valence-electron chi connectivity index (χ0n) is 11.9. The van der Waals surface area contributed by atoms with Crippen LogP contribution in [-0.4, -0.2) is 11.9 Å². The first-order chi connectivity index (χ1) is 9.02. The van der Waals surface area contributed by atoms with E-state index in [1.165, 1.54) is 12.8 Å². The second-order valence-electron chi connectivity index (χ2n) is 5.64. The van der Waals surface area contributed by atoms with E-state index in [0.29, 0.717) is 12.0 Å². The molecule has 2 rings (SSSR count). The normalized spacial score (nSPS) is 26.4. The van der Waals surface area contributed by atoms with Crippen LogP contribution in [0.2, 0.25) is 0 Å². The molecule has 1 amide bonds. The molecule has 3 atom stereocenters. The molecule has 0 bridgehead atoms. The Hall–Kier alpha value is -0.830.